The van der Waals surface area contributed by atoms with Crippen molar-refractivity contribution in [3.63, 3.8) is 0 Å². The third-order valence-electron chi connectivity index (χ3n) is 4.68. The van der Waals surface area contributed by atoms with Crippen molar-refractivity contribution in [2.75, 3.05) is 59.8 Å². The number of nitrogens with zero attached hydrogens (tertiary/aromatic N) is 1. The van der Waals surface area contributed by atoms with Crippen LogP contribution in [0, 0.1) is 5.92 Å². The van der Waals surface area contributed by atoms with Crippen molar-refractivity contribution in [2.24, 2.45) is 10.9 Å². The van der Waals surface area contributed by atoms with E-state index in [9.17, 15) is 0 Å². The zero-order valence-electron chi connectivity index (χ0n) is 18.0. The molecular formula is C22H37N3O4. The fraction of sp³-hybridized carbons (Fsp3) is 0.682. The SMILES string of the molecule is CCOCCCNC(=NCc1ccc(OC)cc1)NCCCOCC1CCOC1. The van der Waals surface area contributed by atoms with Crippen molar-refractivity contribution >= 4 is 5.96 Å². The Hall–Kier alpha value is -1.83. The van der Waals surface area contributed by atoms with Gasteiger partial charge < -0.3 is 29.6 Å². The molecule has 29 heavy (non-hydrogen) atoms. The van der Waals surface area contributed by atoms with Crippen LogP contribution in [0.4, 0.5) is 0 Å². The Kier molecular flexibility index (Phi) is 12.2. The van der Waals surface area contributed by atoms with E-state index < -0.39 is 0 Å². The number of benzene rings is 1. The van der Waals surface area contributed by atoms with Gasteiger partial charge in [-0.15, -0.1) is 0 Å². The lowest BCUT2D eigenvalue weighted by atomic mass is 10.1. The molecule has 1 saturated heterocycles. The first-order valence-corrected chi connectivity index (χ1v) is 10.7. The number of methoxy groups -OCH3 is 1. The van der Waals surface area contributed by atoms with E-state index in [1.165, 1.54) is 0 Å². The first-order chi connectivity index (χ1) is 14.3. The molecule has 0 aliphatic carbocycles. The van der Waals surface area contributed by atoms with E-state index in [2.05, 4.69) is 10.6 Å². The molecule has 7 heteroatoms. The Labute approximate surface area is 175 Å². The van der Waals surface area contributed by atoms with Gasteiger partial charge in [-0.2, -0.15) is 0 Å². The number of aliphatic imine (C=N–C) groups is 1. The molecule has 0 spiro atoms. The molecule has 164 valence electrons. The Bertz CT molecular complexity index is 560. The van der Waals surface area contributed by atoms with Gasteiger partial charge in [-0.1, -0.05) is 12.1 Å². The minimum Gasteiger partial charge on any atom is -0.497 e. The van der Waals surface area contributed by atoms with Crippen molar-refractivity contribution in [1.29, 1.82) is 0 Å². The largest absolute Gasteiger partial charge is 0.497 e. The highest BCUT2D eigenvalue weighted by atomic mass is 16.5. The van der Waals surface area contributed by atoms with Gasteiger partial charge in [-0.05, 0) is 43.9 Å². The maximum Gasteiger partial charge on any atom is 0.191 e. The molecule has 0 bridgehead atoms. The number of guanidine groups is 1. The number of hydrogen-bond donors (Lipinski definition) is 2. The molecule has 0 amide bonds. The molecule has 7 nitrogen and oxygen atoms in total. The van der Waals surface area contributed by atoms with E-state index in [4.69, 9.17) is 23.9 Å². The lowest BCUT2D eigenvalue weighted by Gasteiger charge is -2.13. The second kappa shape index (κ2) is 15.1. The van der Waals surface area contributed by atoms with Crippen LogP contribution in [0.2, 0.25) is 0 Å². The summed E-state index contributed by atoms with van der Waals surface area (Å²) in [7, 11) is 1.67. The maximum absolute atomic E-state index is 5.77. The first-order valence-electron chi connectivity index (χ1n) is 10.7. The van der Waals surface area contributed by atoms with E-state index in [0.717, 1.165) is 89.3 Å². The molecule has 1 unspecified atom stereocenters. The van der Waals surface area contributed by atoms with Crippen LogP contribution in [-0.2, 0) is 20.8 Å². The van der Waals surface area contributed by atoms with Gasteiger partial charge >= 0.3 is 0 Å². The van der Waals surface area contributed by atoms with Crippen LogP contribution >= 0.6 is 0 Å². The summed E-state index contributed by atoms with van der Waals surface area (Å²) in [5.74, 6) is 2.24. The van der Waals surface area contributed by atoms with Crippen LogP contribution in [0.25, 0.3) is 0 Å². The lowest BCUT2D eigenvalue weighted by Crippen LogP contribution is -2.39. The molecule has 2 N–H and O–H groups in total. The molecule has 0 radical (unpaired) electrons. The number of ether oxygens (including phenoxy) is 4. The molecular weight excluding hydrogens is 370 g/mol. The number of nitrogens with one attached hydrogen (secondary N) is 2. The van der Waals surface area contributed by atoms with E-state index in [0.29, 0.717) is 12.5 Å². The topological polar surface area (TPSA) is 73.3 Å². The van der Waals surface area contributed by atoms with Gasteiger partial charge in [-0.3, -0.25) is 0 Å². The van der Waals surface area contributed by atoms with Gasteiger partial charge in [0.05, 0.1) is 26.9 Å². The van der Waals surface area contributed by atoms with Gasteiger partial charge in [0, 0.05) is 45.4 Å². The van der Waals surface area contributed by atoms with Crippen LogP contribution in [0.1, 0.15) is 31.7 Å². The molecule has 0 saturated carbocycles. The zero-order chi connectivity index (χ0) is 20.6. The van der Waals surface area contributed by atoms with E-state index in [1.807, 2.05) is 31.2 Å². The minimum absolute atomic E-state index is 0.566. The van der Waals surface area contributed by atoms with Crippen LogP contribution < -0.4 is 15.4 Å². The zero-order valence-corrected chi connectivity index (χ0v) is 18.0. The summed E-state index contributed by atoms with van der Waals surface area (Å²) in [6.45, 7) is 9.05. The molecule has 1 atom stereocenters. The molecule has 1 fully saturated rings. The molecule has 2 rings (SSSR count). The van der Waals surface area contributed by atoms with Crippen LogP contribution in [0.15, 0.2) is 29.3 Å². The summed E-state index contributed by atoms with van der Waals surface area (Å²) < 4.78 is 21.7. The summed E-state index contributed by atoms with van der Waals surface area (Å²) in [5.41, 5.74) is 1.14. The van der Waals surface area contributed by atoms with Gasteiger partial charge in [0.25, 0.3) is 0 Å². The quantitative estimate of drug-likeness (QED) is 0.281. The van der Waals surface area contributed by atoms with Gasteiger partial charge in [0.2, 0.25) is 0 Å². The van der Waals surface area contributed by atoms with Crippen LogP contribution in [0.3, 0.4) is 0 Å². The molecule has 0 aromatic heterocycles. The van der Waals surface area contributed by atoms with Gasteiger partial charge in [0.1, 0.15) is 5.75 Å². The summed E-state index contributed by atoms with van der Waals surface area (Å²) >= 11 is 0. The lowest BCUT2D eigenvalue weighted by molar-refractivity contribution is 0.0888. The smallest absolute Gasteiger partial charge is 0.191 e. The second-order valence-corrected chi connectivity index (χ2v) is 7.08. The normalized spacial score (nSPS) is 16.8. The van der Waals surface area contributed by atoms with E-state index in [1.54, 1.807) is 7.11 Å². The fourth-order valence-corrected chi connectivity index (χ4v) is 2.95. The van der Waals surface area contributed by atoms with E-state index >= 15 is 0 Å². The van der Waals surface area contributed by atoms with Crippen molar-refractivity contribution < 1.29 is 18.9 Å². The molecule has 1 aromatic carbocycles. The van der Waals surface area contributed by atoms with E-state index in [-0.39, 0.29) is 0 Å². The highest BCUT2D eigenvalue weighted by Crippen LogP contribution is 2.12. The number of rotatable bonds is 14. The predicted molar refractivity (Wildman–Crippen MR) is 116 cm³/mol. The summed E-state index contributed by atoms with van der Waals surface area (Å²) in [4.78, 5) is 4.70. The van der Waals surface area contributed by atoms with Crippen molar-refractivity contribution in [3.8, 4) is 5.75 Å². The standard InChI is InChI=1S/C22H37N3O4/c1-3-27-13-4-11-23-22(25-16-19-6-8-21(26-2)9-7-19)24-12-5-14-28-17-20-10-15-29-18-20/h6-9,20H,3-5,10-18H2,1-2H3,(H2,23,24,25). The summed E-state index contributed by atoms with van der Waals surface area (Å²) in [6, 6.07) is 7.99. The first kappa shape index (κ1) is 23.4. The minimum atomic E-state index is 0.566. The summed E-state index contributed by atoms with van der Waals surface area (Å²) in [5, 5.41) is 6.78. The number of hydrogen-bond acceptors (Lipinski definition) is 5. The molecule has 1 aliphatic rings. The third-order valence-corrected chi connectivity index (χ3v) is 4.68. The Morgan fingerprint density at radius 2 is 1.83 bits per heavy atom. The van der Waals surface area contributed by atoms with Gasteiger partial charge in [-0.25, -0.2) is 4.99 Å². The maximum atomic E-state index is 5.77. The Morgan fingerprint density at radius 3 is 2.45 bits per heavy atom. The van der Waals surface area contributed by atoms with Crippen LogP contribution in [-0.4, -0.2) is 65.8 Å². The highest BCUT2D eigenvalue weighted by molar-refractivity contribution is 5.79. The average molecular weight is 408 g/mol. The summed E-state index contributed by atoms with van der Waals surface area (Å²) in [6.07, 6.45) is 3.01. The average Bonchev–Trinajstić information content (AvgIpc) is 3.27. The highest BCUT2D eigenvalue weighted by Gasteiger charge is 2.15. The third kappa shape index (κ3) is 10.5. The van der Waals surface area contributed by atoms with Crippen molar-refractivity contribution in [1.82, 2.24) is 10.6 Å². The Balaban J connectivity index is 1.70. The second-order valence-electron chi connectivity index (χ2n) is 7.08. The van der Waals surface area contributed by atoms with Crippen molar-refractivity contribution in [2.45, 2.75) is 32.7 Å². The Morgan fingerprint density at radius 1 is 1.10 bits per heavy atom. The van der Waals surface area contributed by atoms with Gasteiger partial charge in [0.15, 0.2) is 5.96 Å². The molecule has 1 aromatic rings. The monoisotopic (exact) mass is 407 g/mol. The predicted octanol–water partition coefficient (Wildman–Crippen LogP) is 2.60. The molecule has 1 heterocycles. The fourth-order valence-electron chi connectivity index (χ4n) is 2.95. The van der Waals surface area contributed by atoms with Crippen LogP contribution in [0.5, 0.6) is 5.75 Å². The van der Waals surface area contributed by atoms with Crippen molar-refractivity contribution in [3.05, 3.63) is 29.8 Å². The molecule has 1 aliphatic heterocycles.